The Morgan fingerprint density at radius 3 is 2.67 bits per heavy atom. The Labute approximate surface area is 102 Å². The van der Waals surface area contributed by atoms with Crippen LogP contribution in [0.2, 0.25) is 0 Å². The van der Waals surface area contributed by atoms with Crippen LogP contribution in [0.3, 0.4) is 0 Å². The molecule has 1 aromatic heterocycles. The molecule has 0 aliphatic heterocycles. The molecule has 1 aromatic rings. The molecule has 0 aliphatic rings. The van der Waals surface area contributed by atoms with Crippen molar-refractivity contribution in [3.8, 4) is 11.8 Å². The summed E-state index contributed by atoms with van der Waals surface area (Å²) in [6.45, 7) is 0. The van der Waals surface area contributed by atoms with Crippen LogP contribution in [-0.4, -0.2) is 25.2 Å². The minimum absolute atomic E-state index is 0.0206. The zero-order valence-electron chi connectivity index (χ0n) is 9.74. The second-order valence-electron chi connectivity index (χ2n) is 3.25. The number of pyridine rings is 1. The molecule has 0 saturated carbocycles. The summed E-state index contributed by atoms with van der Waals surface area (Å²) in [5.41, 5.74) is -0.883. The first-order valence-corrected chi connectivity index (χ1v) is 4.86. The monoisotopic (exact) mass is 256 g/mol. The molecule has 0 aliphatic carbocycles. The van der Waals surface area contributed by atoms with E-state index in [0.717, 1.165) is 7.11 Å². The quantitative estimate of drug-likeness (QED) is 0.765. The predicted molar refractivity (Wildman–Crippen MR) is 56.2 cm³/mol. The Morgan fingerprint density at radius 1 is 1.56 bits per heavy atom. The van der Waals surface area contributed by atoms with Crippen LogP contribution < -0.4 is 4.74 Å². The minimum atomic E-state index is -2.89. The average molecular weight is 256 g/mol. The van der Waals surface area contributed by atoms with Crippen LogP contribution in [0.15, 0.2) is 6.07 Å². The lowest BCUT2D eigenvalue weighted by Gasteiger charge is -2.10. The number of aromatic nitrogens is 1. The summed E-state index contributed by atoms with van der Waals surface area (Å²) in [5, 5.41) is 8.75. The van der Waals surface area contributed by atoms with Crippen molar-refractivity contribution in [3.63, 3.8) is 0 Å². The largest absolute Gasteiger partial charge is 0.494 e. The molecule has 96 valence electrons. The van der Waals surface area contributed by atoms with Crippen LogP contribution in [0.4, 0.5) is 8.78 Å². The fourth-order valence-corrected chi connectivity index (χ4v) is 1.34. The Balaban J connectivity index is 3.30. The van der Waals surface area contributed by atoms with Crippen LogP contribution in [0, 0.1) is 11.3 Å². The number of rotatable bonds is 4. The number of hydrogen-bond donors (Lipinski definition) is 0. The summed E-state index contributed by atoms with van der Waals surface area (Å²) in [7, 11) is 2.43. The third kappa shape index (κ3) is 2.91. The van der Waals surface area contributed by atoms with Crippen LogP contribution >= 0.6 is 0 Å². The highest BCUT2D eigenvalue weighted by molar-refractivity contribution is 5.73. The molecule has 0 unspecified atom stereocenters. The third-order valence-electron chi connectivity index (χ3n) is 2.19. The molecule has 0 fully saturated rings. The Bertz CT molecular complexity index is 498. The van der Waals surface area contributed by atoms with E-state index in [0.29, 0.717) is 0 Å². The summed E-state index contributed by atoms with van der Waals surface area (Å²) in [4.78, 5) is 14.6. The Morgan fingerprint density at radius 2 is 2.22 bits per heavy atom. The maximum absolute atomic E-state index is 12.8. The van der Waals surface area contributed by atoms with Gasteiger partial charge in [0.25, 0.3) is 6.43 Å². The number of halogens is 2. The molecule has 0 N–H and O–H groups in total. The summed E-state index contributed by atoms with van der Waals surface area (Å²) in [5.74, 6) is -0.633. The number of carbonyl (C=O) groups excluding carboxylic acids is 1. The smallest absolute Gasteiger partial charge is 0.310 e. The van der Waals surface area contributed by atoms with Crippen molar-refractivity contribution < 1.29 is 23.0 Å². The van der Waals surface area contributed by atoms with Gasteiger partial charge in [0, 0.05) is 0 Å². The molecule has 0 spiro atoms. The van der Waals surface area contributed by atoms with Crippen molar-refractivity contribution >= 4 is 5.97 Å². The fraction of sp³-hybridized carbons (Fsp3) is 0.364. The summed E-state index contributed by atoms with van der Waals surface area (Å²) in [6.07, 6.45) is -3.24. The van der Waals surface area contributed by atoms with Crippen molar-refractivity contribution in [2.45, 2.75) is 12.8 Å². The van der Waals surface area contributed by atoms with E-state index in [2.05, 4.69) is 9.72 Å². The molecular weight excluding hydrogens is 246 g/mol. The van der Waals surface area contributed by atoms with Gasteiger partial charge in [0.15, 0.2) is 11.4 Å². The van der Waals surface area contributed by atoms with E-state index >= 15 is 0 Å². The molecular formula is C11H10F2N2O3. The lowest BCUT2D eigenvalue weighted by Crippen LogP contribution is -2.10. The summed E-state index contributed by atoms with van der Waals surface area (Å²) < 4.78 is 34.8. The number of nitriles is 1. The molecule has 0 aromatic carbocycles. The molecule has 0 bridgehead atoms. The van der Waals surface area contributed by atoms with E-state index in [1.54, 1.807) is 6.07 Å². The van der Waals surface area contributed by atoms with Crippen molar-refractivity contribution in [2.24, 2.45) is 0 Å². The highest BCUT2D eigenvalue weighted by Crippen LogP contribution is 2.27. The van der Waals surface area contributed by atoms with Gasteiger partial charge in [0.2, 0.25) is 0 Å². The van der Waals surface area contributed by atoms with Crippen LogP contribution in [-0.2, 0) is 16.0 Å². The molecule has 7 heteroatoms. The van der Waals surface area contributed by atoms with Crippen molar-refractivity contribution in [2.75, 3.05) is 14.2 Å². The first-order chi connectivity index (χ1) is 8.53. The van der Waals surface area contributed by atoms with Gasteiger partial charge in [-0.25, -0.2) is 13.8 Å². The number of hydrogen-bond acceptors (Lipinski definition) is 5. The Kier molecular flexibility index (Phi) is 4.54. The van der Waals surface area contributed by atoms with Crippen molar-refractivity contribution in [1.82, 2.24) is 4.98 Å². The van der Waals surface area contributed by atoms with Gasteiger partial charge in [-0.05, 0) is 11.6 Å². The van der Waals surface area contributed by atoms with Gasteiger partial charge in [0.1, 0.15) is 11.8 Å². The van der Waals surface area contributed by atoms with E-state index in [1.165, 1.54) is 13.2 Å². The summed E-state index contributed by atoms with van der Waals surface area (Å²) in [6, 6.07) is 2.85. The van der Waals surface area contributed by atoms with Crippen molar-refractivity contribution in [1.29, 1.82) is 5.26 Å². The lowest BCUT2D eigenvalue weighted by atomic mass is 10.1. The molecule has 1 heterocycles. The SMILES string of the molecule is COC(=O)Cc1cc(OC)c(C#N)nc1C(F)F. The number of ether oxygens (including phenoxy) is 2. The van der Waals surface area contributed by atoms with Crippen LogP contribution in [0.5, 0.6) is 5.75 Å². The highest BCUT2D eigenvalue weighted by Gasteiger charge is 2.21. The topological polar surface area (TPSA) is 72.2 Å². The van der Waals surface area contributed by atoms with Gasteiger partial charge in [0.05, 0.1) is 20.6 Å². The maximum Gasteiger partial charge on any atom is 0.310 e. The number of nitrogens with zero attached hydrogens (tertiary/aromatic N) is 2. The molecule has 0 atom stereocenters. The molecule has 0 saturated heterocycles. The zero-order chi connectivity index (χ0) is 13.7. The molecule has 1 rings (SSSR count). The van der Waals surface area contributed by atoms with Gasteiger partial charge >= 0.3 is 5.97 Å². The zero-order valence-corrected chi connectivity index (χ0v) is 9.74. The summed E-state index contributed by atoms with van der Waals surface area (Å²) >= 11 is 0. The fourth-order valence-electron chi connectivity index (χ4n) is 1.34. The third-order valence-corrected chi connectivity index (χ3v) is 2.19. The minimum Gasteiger partial charge on any atom is -0.494 e. The standard InChI is InChI=1S/C11H10F2N2O3/c1-17-8-3-6(4-9(16)18-2)10(11(12)13)15-7(8)5-14/h3,11H,4H2,1-2H3. The first kappa shape index (κ1) is 13.8. The van der Waals surface area contributed by atoms with Crippen molar-refractivity contribution in [3.05, 3.63) is 23.0 Å². The number of esters is 1. The van der Waals surface area contributed by atoms with E-state index in [9.17, 15) is 13.6 Å². The second kappa shape index (κ2) is 5.91. The number of methoxy groups -OCH3 is 2. The van der Waals surface area contributed by atoms with E-state index in [4.69, 9.17) is 10.00 Å². The predicted octanol–water partition coefficient (Wildman–Crippen LogP) is 1.61. The Hall–Kier alpha value is -2.23. The van der Waals surface area contributed by atoms with E-state index in [-0.39, 0.29) is 23.4 Å². The average Bonchev–Trinajstić information content (AvgIpc) is 2.37. The van der Waals surface area contributed by atoms with Crippen LogP contribution in [0.1, 0.15) is 23.4 Å². The van der Waals surface area contributed by atoms with E-state index < -0.39 is 18.1 Å². The molecule has 0 amide bonds. The molecule has 5 nitrogen and oxygen atoms in total. The number of carbonyl (C=O) groups is 1. The van der Waals surface area contributed by atoms with Crippen LogP contribution in [0.25, 0.3) is 0 Å². The lowest BCUT2D eigenvalue weighted by molar-refractivity contribution is -0.139. The molecule has 0 radical (unpaired) electrons. The second-order valence-corrected chi connectivity index (χ2v) is 3.25. The van der Waals surface area contributed by atoms with Gasteiger partial charge in [-0.3, -0.25) is 4.79 Å². The van der Waals surface area contributed by atoms with Gasteiger partial charge in [-0.2, -0.15) is 5.26 Å². The van der Waals surface area contributed by atoms with Gasteiger partial charge < -0.3 is 9.47 Å². The van der Waals surface area contributed by atoms with Gasteiger partial charge in [-0.15, -0.1) is 0 Å². The number of alkyl halides is 2. The normalized spacial score (nSPS) is 10.0. The maximum atomic E-state index is 12.8. The first-order valence-electron chi connectivity index (χ1n) is 4.86. The highest BCUT2D eigenvalue weighted by atomic mass is 19.3. The molecule has 18 heavy (non-hydrogen) atoms. The van der Waals surface area contributed by atoms with Gasteiger partial charge in [-0.1, -0.05) is 0 Å². The van der Waals surface area contributed by atoms with E-state index in [1.807, 2.05) is 0 Å².